The topological polar surface area (TPSA) is 147 Å². The van der Waals surface area contributed by atoms with Crippen molar-refractivity contribution in [3.63, 3.8) is 0 Å². The van der Waals surface area contributed by atoms with Gasteiger partial charge >= 0.3 is 0 Å². The maximum absolute atomic E-state index is 13.3. The lowest BCUT2D eigenvalue weighted by molar-refractivity contribution is -0.142. The van der Waals surface area contributed by atoms with E-state index in [1.165, 1.54) is 25.2 Å². The number of aliphatic hydroxyl groups is 3. The molecule has 1 aliphatic carbocycles. The number of rotatable bonds is 14. The zero-order chi connectivity index (χ0) is 29.9. The van der Waals surface area contributed by atoms with E-state index in [9.17, 15) is 24.9 Å². The number of carbonyl (C=O) groups is 2. The van der Waals surface area contributed by atoms with Gasteiger partial charge in [-0.1, -0.05) is 12.1 Å². The first-order valence-corrected chi connectivity index (χ1v) is 14.2. The smallest absolute Gasteiger partial charge is 0.248 e. The first-order chi connectivity index (χ1) is 19.8. The molecule has 3 unspecified atom stereocenters. The number of halogens is 1. The third-order valence-corrected chi connectivity index (χ3v) is 7.51. The molecule has 0 saturated heterocycles. The molecular weight excluding hydrogens is 647 g/mol. The Balaban J connectivity index is 1.98. The molecule has 12 heteroatoms. The van der Waals surface area contributed by atoms with E-state index in [1.54, 1.807) is 19.2 Å². The summed E-state index contributed by atoms with van der Waals surface area (Å²) in [7, 11) is 4.46. The molecule has 0 bridgehead atoms. The Morgan fingerprint density at radius 3 is 2.54 bits per heavy atom. The molecule has 0 fully saturated rings. The number of benzene rings is 2. The van der Waals surface area contributed by atoms with Crippen molar-refractivity contribution in [2.45, 2.75) is 37.7 Å². The van der Waals surface area contributed by atoms with Crippen molar-refractivity contribution >= 4 is 34.4 Å². The average Bonchev–Trinajstić information content (AvgIpc) is 2.98. The lowest BCUT2D eigenvalue weighted by atomic mass is 9.88. The van der Waals surface area contributed by atoms with Crippen LogP contribution in [-0.4, -0.2) is 97.9 Å². The number of carbonyl (C=O) groups excluding carboxylic acids is 2. The van der Waals surface area contributed by atoms with Crippen molar-refractivity contribution < 1.29 is 43.9 Å². The van der Waals surface area contributed by atoms with Gasteiger partial charge in [0.15, 0.2) is 11.5 Å². The van der Waals surface area contributed by atoms with Gasteiger partial charge in [-0.3, -0.25) is 9.59 Å². The third kappa shape index (κ3) is 8.55. The summed E-state index contributed by atoms with van der Waals surface area (Å²) in [5.74, 6) is 0.571. The Kier molecular flexibility index (Phi) is 12.7. The third-order valence-electron chi connectivity index (χ3n) is 6.70. The highest BCUT2D eigenvalue weighted by molar-refractivity contribution is 14.1. The maximum Gasteiger partial charge on any atom is 0.248 e. The van der Waals surface area contributed by atoms with Gasteiger partial charge in [0.25, 0.3) is 0 Å². The van der Waals surface area contributed by atoms with Gasteiger partial charge in [-0.25, -0.2) is 0 Å². The van der Waals surface area contributed by atoms with E-state index in [0.717, 1.165) is 5.56 Å². The van der Waals surface area contributed by atoms with Gasteiger partial charge in [-0.2, -0.15) is 0 Å². The molecule has 3 rings (SSSR count). The number of nitrogens with zero attached hydrogens (tertiary/aromatic N) is 1. The highest BCUT2D eigenvalue weighted by Crippen LogP contribution is 2.37. The molecule has 11 nitrogen and oxygen atoms in total. The highest BCUT2D eigenvalue weighted by atomic mass is 127. The summed E-state index contributed by atoms with van der Waals surface area (Å²) in [6, 6.07) is 10.0. The predicted octanol–water partition coefficient (Wildman–Crippen LogP) is 1.43. The normalized spacial score (nSPS) is 18.3. The summed E-state index contributed by atoms with van der Waals surface area (Å²) < 4.78 is 22.8. The van der Waals surface area contributed by atoms with E-state index in [4.69, 9.17) is 18.9 Å². The Labute approximate surface area is 253 Å². The molecule has 3 atom stereocenters. The second-order valence-electron chi connectivity index (χ2n) is 9.40. The van der Waals surface area contributed by atoms with Gasteiger partial charge in [-0.15, -0.1) is 0 Å². The molecular formula is C29H37IN2O9. The summed E-state index contributed by atoms with van der Waals surface area (Å²) >= 11 is 2.05. The fraction of sp³-hybridized carbons (Fsp3) is 0.448. The van der Waals surface area contributed by atoms with Crippen LogP contribution in [0.25, 0.3) is 0 Å². The van der Waals surface area contributed by atoms with Crippen LogP contribution in [0.5, 0.6) is 17.2 Å². The minimum atomic E-state index is -1.21. The molecule has 0 spiro atoms. The van der Waals surface area contributed by atoms with E-state index in [1.807, 2.05) is 46.9 Å². The van der Waals surface area contributed by atoms with Crippen molar-refractivity contribution in [3.8, 4) is 17.2 Å². The number of aliphatic hydroxyl groups excluding tert-OH is 3. The summed E-state index contributed by atoms with van der Waals surface area (Å²) in [5.41, 5.74) is 1.85. The fourth-order valence-electron chi connectivity index (χ4n) is 4.65. The highest BCUT2D eigenvalue weighted by Gasteiger charge is 2.40. The summed E-state index contributed by atoms with van der Waals surface area (Å²) in [6.45, 7) is -0.361. The van der Waals surface area contributed by atoms with Crippen LogP contribution in [-0.2, 0) is 27.4 Å². The number of methoxy groups -OCH3 is 3. The predicted molar refractivity (Wildman–Crippen MR) is 159 cm³/mol. The molecule has 4 N–H and O–H groups in total. The summed E-state index contributed by atoms with van der Waals surface area (Å²) in [6.07, 6.45) is -0.186. The molecule has 0 radical (unpaired) electrons. The number of amides is 2. The molecule has 2 aromatic carbocycles. The van der Waals surface area contributed by atoms with Crippen molar-refractivity contribution in [2.24, 2.45) is 0 Å². The minimum Gasteiger partial charge on any atom is -0.497 e. The maximum atomic E-state index is 13.3. The van der Waals surface area contributed by atoms with Gasteiger partial charge in [0, 0.05) is 32.2 Å². The van der Waals surface area contributed by atoms with Crippen LogP contribution in [0.15, 0.2) is 48.0 Å². The van der Waals surface area contributed by atoms with Crippen molar-refractivity contribution in [1.82, 2.24) is 10.2 Å². The lowest BCUT2D eigenvalue weighted by Gasteiger charge is -2.40. The monoisotopic (exact) mass is 684 g/mol. The number of hydrogen-bond acceptors (Lipinski definition) is 9. The average molecular weight is 685 g/mol. The first-order valence-electron chi connectivity index (χ1n) is 13.1. The molecule has 0 saturated carbocycles. The standard InChI is InChI=1S/C29H37IN2O9/c1-38-17-26(35)32(9-7-18-5-4-6-21(11-18)39-2)23-14-20(29(37)31-8-10-33)15-24(27(23)36)41-28-22(30)12-19(16-34)13-25(28)40-3/h4-6,11-13,15,23-24,27,33-34,36H,7-10,14,16-17H2,1-3H3,(H,31,37). The Hall–Kier alpha value is -2.91. The number of nitrogens with one attached hydrogen (secondary N) is 1. The van der Waals surface area contributed by atoms with E-state index >= 15 is 0 Å². The second-order valence-corrected chi connectivity index (χ2v) is 10.6. The molecule has 41 heavy (non-hydrogen) atoms. The van der Waals surface area contributed by atoms with Gasteiger partial charge in [0.05, 0.1) is 37.0 Å². The van der Waals surface area contributed by atoms with Crippen molar-refractivity contribution in [1.29, 1.82) is 0 Å². The zero-order valence-electron chi connectivity index (χ0n) is 23.3. The van der Waals surface area contributed by atoms with Gasteiger partial charge < -0.3 is 44.5 Å². The zero-order valence-corrected chi connectivity index (χ0v) is 25.5. The lowest BCUT2D eigenvalue weighted by Crippen LogP contribution is -2.56. The molecule has 0 aromatic heterocycles. The summed E-state index contributed by atoms with van der Waals surface area (Å²) in [4.78, 5) is 27.8. The molecule has 0 heterocycles. The van der Waals surface area contributed by atoms with E-state index in [0.29, 0.717) is 38.4 Å². The van der Waals surface area contributed by atoms with Gasteiger partial charge in [0.2, 0.25) is 11.8 Å². The Bertz CT molecular complexity index is 1220. The number of ether oxygens (including phenoxy) is 4. The van der Waals surface area contributed by atoms with Gasteiger partial charge in [-0.05, 0) is 70.5 Å². The van der Waals surface area contributed by atoms with Crippen LogP contribution in [0.4, 0.5) is 0 Å². The number of hydrogen-bond donors (Lipinski definition) is 4. The van der Waals surface area contributed by atoms with E-state index in [2.05, 4.69) is 5.32 Å². The second kappa shape index (κ2) is 15.9. The fourth-order valence-corrected chi connectivity index (χ4v) is 5.45. The quantitative estimate of drug-likeness (QED) is 0.217. The van der Waals surface area contributed by atoms with Gasteiger partial charge in [0.1, 0.15) is 24.6 Å². The Morgan fingerprint density at radius 2 is 1.88 bits per heavy atom. The molecule has 2 amide bonds. The van der Waals surface area contributed by atoms with Crippen molar-refractivity contribution in [2.75, 3.05) is 47.6 Å². The van der Waals surface area contributed by atoms with Crippen LogP contribution in [0.2, 0.25) is 0 Å². The van der Waals surface area contributed by atoms with Crippen LogP contribution >= 0.6 is 22.6 Å². The summed E-state index contributed by atoms with van der Waals surface area (Å²) in [5, 5.41) is 33.1. The molecule has 224 valence electrons. The molecule has 2 aromatic rings. The van der Waals surface area contributed by atoms with Crippen LogP contribution in [0, 0.1) is 3.57 Å². The van der Waals surface area contributed by atoms with Crippen molar-refractivity contribution in [3.05, 3.63) is 62.7 Å². The minimum absolute atomic E-state index is 0.0470. The SMILES string of the molecule is COCC(=O)N(CCc1cccc(OC)c1)C1CC(C(=O)NCCO)=CC(Oc2c(I)cc(CO)cc2OC)C1O. The molecule has 1 aliphatic rings. The van der Waals surface area contributed by atoms with Crippen LogP contribution in [0.3, 0.4) is 0 Å². The largest absolute Gasteiger partial charge is 0.497 e. The van der Waals surface area contributed by atoms with E-state index in [-0.39, 0.29) is 45.2 Å². The van der Waals surface area contributed by atoms with E-state index < -0.39 is 24.2 Å². The Morgan fingerprint density at radius 1 is 1.10 bits per heavy atom. The molecule has 0 aliphatic heterocycles. The van der Waals surface area contributed by atoms with Crippen LogP contribution in [0.1, 0.15) is 17.5 Å². The first kappa shape index (κ1) is 32.6. The van der Waals surface area contributed by atoms with Crippen LogP contribution < -0.4 is 19.5 Å².